The van der Waals surface area contributed by atoms with Gasteiger partial charge in [0.25, 0.3) is 0 Å². The highest BCUT2D eigenvalue weighted by molar-refractivity contribution is 9.10. The Labute approximate surface area is 275 Å². The number of alkyl halides is 2. The zero-order valence-corrected chi connectivity index (χ0v) is 30.0. The zero-order valence-electron chi connectivity index (χ0n) is 25.3. The van der Waals surface area contributed by atoms with Crippen molar-refractivity contribution in [2.24, 2.45) is 11.8 Å². The van der Waals surface area contributed by atoms with Gasteiger partial charge < -0.3 is 18.8 Å². The van der Waals surface area contributed by atoms with Crippen molar-refractivity contribution in [1.29, 1.82) is 0 Å². The molecule has 232 valence electrons. The summed E-state index contributed by atoms with van der Waals surface area (Å²) in [7, 11) is -0.681. The van der Waals surface area contributed by atoms with Crippen LogP contribution in [0, 0.1) is 23.5 Å². The maximum atomic E-state index is 14.8. The molecule has 0 radical (unpaired) electrons. The molecule has 3 heterocycles. The number of hydrogen-bond acceptors (Lipinski definition) is 4. The molecule has 2 aromatic rings. The van der Waals surface area contributed by atoms with Crippen LogP contribution in [0.5, 0.6) is 0 Å². The largest absolute Gasteiger partial charge is 0.497 e. The second-order valence-corrected chi connectivity index (χ2v) is 15.7. The smallest absolute Gasteiger partial charge is 0.399 e. The van der Waals surface area contributed by atoms with Crippen molar-refractivity contribution in [1.82, 2.24) is 0 Å². The number of benzene rings is 2. The van der Waals surface area contributed by atoms with Crippen LogP contribution < -0.4 is 5.46 Å². The highest BCUT2D eigenvalue weighted by Gasteiger charge is 2.52. The molecule has 42 heavy (non-hydrogen) atoms. The summed E-state index contributed by atoms with van der Waals surface area (Å²) in [6.07, 6.45) is 3.88. The molecule has 0 aliphatic carbocycles. The molecule has 4 nitrogen and oxygen atoms in total. The van der Waals surface area contributed by atoms with E-state index in [4.69, 9.17) is 18.8 Å². The Morgan fingerprint density at radius 2 is 1.21 bits per heavy atom. The first-order valence-electron chi connectivity index (χ1n) is 14.9. The molecular weight excluding hydrogens is 737 g/mol. The van der Waals surface area contributed by atoms with E-state index >= 15 is 0 Å². The zero-order chi connectivity index (χ0) is 30.8. The first-order chi connectivity index (χ1) is 19.8. The van der Waals surface area contributed by atoms with Crippen LogP contribution in [-0.4, -0.2) is 41.2 Å². The monoisotopic (exact) mass is 776 g/mol. The van der Waals surface area contributed by atoms with E-state index in [0.29, 0.717) is 38.0 Å². The van der Waals surface area contributed by atoms with Gasteiger partial charge in [0.1, 0.15) is 11.6 Å². The van der Waals surface area contributed by atoms with Crippen molar-refractivity contribution in [3.63, 3.8) is 0 Å². The molecule has 3 aliphatic heterocycles. The molecule has 0 bridgehead atoms. The van der Waals surface area contributed by atoms with Gasteiger partial charge in [0.2, 0.25) is 0 Å². The average molecular weight is 779 g/mol. The van der Waals surface area contributed by atoms with Gasteiger partial charge in [-0.25, -0.2) is 8.78 Å². The highest BCUT2D eigenvalue weighted by atomic mass is 79.9. The predicted molar refractivity (Wildman–Crippen MR) is 176 cm³/mol. The van der Waals surface area contributed by atoms with Crippen LogP contribution in [0.1, 0.15) is 90.6 Å². The molecule has 0 N–H and O–H groups in total. The van der Waals surface area contributed by atoms with Gasteiger partial charge in [-0.1, -0.05) is 76.7 Å². The van der Waals surface area contributed by atoms with Crippen LogP contribution >= 0.6 is 47.8 Å². The standard InChI is InChI=1S/C19H27BBrFO3.C13H15Br2FO/c1-6-12-11-23-17(10-15(12)21)13-7-8-14(16(22)9-13)20-24-18(2,3)19(4,5)25-20;1-2-8-7-17-13(6-11(8)15)9-3-4-10(14)12(16)5-9/h7-9,12,15,17H,6,10-11H2,1-5H3;3-5,8,11,13H,2,6-7H2,1H3. The van der Waals surface area contributed by atoms with Gasteiger partial charge in [-0.05, 0) is 97.6 Å². The second-order valence-electron chi connectivity index (χ2n) is 12.5. The van der Waals surface area contributed by atoms with Crippen LogP contribution in [-0.2, 0) is 18.8 Å². The van der Waals surface area contributed by atoms with Gasteiger partial charge in [0.05, 0.1) is 41.1 Å². The van der Waals surface area contributed by atoms with Crippen molar-refractivity contribution >= 4 is 60.4 Å². The van der Waals surface area contributed by atoms with E-state index in [0.717, 1.165) is 43.4 Å². The molecule has 3 saturated heterocycles. The van der Waals surface area contributed by atoms with Gasteiger partial charge in [0.15, 0.2) is 0 Å². The minimum Gasteiger partial charge on any atom is -0.399 e. The Kier molecular flexibility index (Phi) is 11.8. The number of ether oxygens (including phenoxy) is 2. The third-order valence-electron chi connectivity index (χ3n) is 9.19. The van der Waals surface area contributed by atoms with Crippen LogP contribution in [0.3, 0.4) is 0 Å². The lowest BCUT2D eigenvalue weighted by molar-refractivity contribution is -0.0134. The van der Waals surface area contributed by atoms with Crippen LogP contribution in [0.25, 0.3) is 0 Å². The van der Waals surface area contributed by atoms with E-state index in [9.17, 15) is 8.78 Å². The van der Waals surface area contributed by atoms with E-state index in [2.05, 4.69) is 61.6 Å². The Balaban J connectivity index is 0.000000208. The minimum atomic E-state index is -0.681. The van der Waals surface area contributed by atoms with Gasteiger partial charge in [-0.15, -0.1) is 0 Å². The predicted octanol–water partition coefficient (Wildman–Crippen LogP) is 9.22. The summed E-state index contributed by atoms with van der Waals surface area (Å²) in [5.74, 6) is 0.551. The van der Waals surface area contributed by atoms with E-state index in [1.165, 1.54) is 0 Å². The summed E-state index contributed by atoms with van der Waals surface area (Å²) in [6, 6.07) is 10.5. The van der Waals surface area contributed by atoms with E-state index in [1.54, 1.807) is 24.3 Å². The summed E-state index contributed by atoms with van der Waals surface area (Å²) in [5.41, 5.74) is 1.28. The van der Waals surface area contributed by atoms with Crippen molar-refractivity contribution in [3.8, 4) is 0 Å². The third kappa shape index (κ3) is 7.89. The van der Waals surface area contributed by atoms with Crippen molar-refractivity contribution in [3.05, 3.63) is 63.6 Å². The van der Waals surface area contributed by atoms with Crippen LogP contribution in [0.2, 0.25) is 0 Å². The fourth-order valence-electron chi connectivity index (χ4n) is 5.45. The molecular formula is C32H42BBr3F2O4. The molecule has 0 spiro atoms. The molecule has 3 aliphatic rings. The van der Waals surface area contributed by atoms with Gasteiger partial charge in [-0.2, -0.15) is 0 Å². The average Bonchev–Trinajstić information content (AvgIpc) is 3.16. The second kappa shape index (κ2) is 14.4. The number of rotatable bonds is 5. The topological polar surface area (TPSA) is 36.9 Å². The van der Waals surface area contributed by atoms with E-state index in [-0.39, 0.29) is 23.8 Å². The fourth-order valence-corrected chi connectivity index (χ4v) is 7.43. The van der Waals surface area contributed by atoms with E-state index in [1.807, 2.05) is 39.8 Å². The summed E-state index contributed by atoms with van der Waals surface area (Å²) in [6.45, 7) is 13.7. The fraction of sp³-hybridized carbons (Fsp3) is 0.625. The number of hydrogen-bond donors (Lipinski definition) is 0. The first-order valence-corrected chi connectivity index (χ1v) is 17.5. The van der Waals surface area contributed by atoms with Crippen molar-refractivity contribution in [2.45, 2.75) is 100 Å². The van der Waals surface area contributed by atoms with Gasteiger partial charge in [-0.3, -0.25) is 0 Å². The molecule has 3 fully saturated rings. The maximum Gasteiger partial charge on any atom is 0.497 e. The van der Waals surface area contributed by atoms with Gasteiger partial charge >= 0.3 is 7.12 Å². The van der Waals surface area contributed by atoms with Crippen molar-refractivity contribution < 1.29 is 27.6 Å². The normalized spacial score (nSPS) is 30.5. The Morgan fingerprint density at radius 3 is 1.62 bits per heavy atom. The summed E-state index contributed by atoms with van der Waals surface area (Å²) < 4.78 is 52.4. The molecule has 6 atom stereocenters. The Morgan fingerprint density at radius 1 is 0.762 bits per heavy atom. The molecule has 0 amide bonds. The highest BCUT2D eigenvalue weighted by Crippen LogP contribution is 2.39. The van der Waals surface area contributed by atoms with Crippen LogP contribution in [0.4, 0.5) is 8.78 Å². The summed E-state index contributed by atoms with van der Waals surface area (Å²) in [5, 5.41) is 0. The Hall–Kier alpha value is -0.355. The lowest BCUT2D eigenvalue weighted by Crippen LogP contribution is -2.41. The molecule has 2 aromatic carbocycles. The first kappa shape index (κ1) is 34.5. The maximum absolute atomic E-state index is 14.8. The van der Waals surface area contributed by atoms with Crippen molar-refractivity contribution in [2.75, 3.05) is 13.2 Å². The Bertz CT molecular complexity index is 1200. The molecule has 0 aromatic heterocycles. The minimum absolute atomic E-state index is 0.00442. The molecule has 6 unspecified atom stereocenters. The number of halogens is 5. The molecule has 5 rings (SSSR count). The molecule has 10 heteroatoms. The SMILES string of the molecule is CCC1COC(c2ccc(B3OC(C)(C)C(C)(C)O3)c(F)c2)CC1Br.CCC1COC(c2ccc(Br)c(F)c2)CC1Br. The lowest BCUT2D eigenvalue weighted by atomic mass is 9.78. The van der Waals surface area contributed by atoms with Gasteiger partial charge in [0, 0.05) is 15.1 Å². The lowest BCUT2D eigenvalue weighted by Gasteiger charge is -2.33. The quantitative estimate of drug-likeness (QED) is 0.224. The summed E-state index contributed by atoms with van der Waals surface area (Å²) >= 11 is 10.6. The van der Waals surface area contributed by atoms with Crippen LogP contribution in [0.15, 0.2) is 40.9 Å². The molecule has 0 saturated carbocycles. The third-order valence-corrected chi connectivity index (χ3v) is 12.1. The van der Waals surface area contributed by atoms with E-state index < -0.39 is 18.3 Å². The summed E-state index contributed by atoms with van der Waals surface area (Å²) in [4.78, 5) is 0.861.